The van der Waals surface area contributed by atoms with E-state index in [2.05, 4.69) is 16.4 Å². The Balaban J connectivity index is 1.63. The maximum Gasteiger partial charge on any atom is 0.253 e. The molecule has 29 heavy (non-hydrogen) atoms. The summed E-state index contributed by atoms with van der Waals surface area (Å²) >= 11 is 0. The highest BCUT2D eigenvalue weighted by molar-refractivity contribution is 6.08. The van der Waals surface area contributed by atoms with Crippen molar-refractivity contribution >= 4 is 16.8 Å². The van der Waals surface area contributed by atoms with Gasteiger partial charge in [-0.2, -0.15) is 5.26 Å². The molecule has 0 atom stereocenters. The van der Waals surface area contributed by atoms with E-state index in [0.29, 0.717) is 22.0 Å². The Morgan fingerprint density at radius 1 is 1.17 bits per heavy atom. The molecule has 1 heterocycles. The van der Waals surface area contributed by atoms with Crippen LogP contribution in [0.4, 0.5) is 4.39 Å². The molecule has 2 aromatic carbocycles. The summed E-state index contributed by atoms with van der Waals surface area (Å²) < 4.78 is 14.0. The van der Waals surface area contributed by atoms with Crippen LogP contribution in [0.1, 0.15) is 48.0 Å². The largest absolute Gasteiger partial charge is 0.349 e. The summed E-state index contributed by atoms with van der Waals surface area (Å²) in [5, 5.41) is 13.1. The molecule has 5 heteroatoms. The van der Waals surface area contributed by atoms with Crippen LogP contribution < -0.4 is 5.32 Å². The van der Waals surface area contributed by atoms with Gasteiger partial charge < -0.3 is 5.32 Å². The summed E-state index contributed by atoms with van der Waals surface area (Å²) in [7, 11) is 0. The van der Waals surface area contributed by atoms with Crippen molar-refractivity contribution in [1.29, 1.82) is 5.26 Å². The molecule has 3 aromatic rings. The van der Waals surface area contributed by atoms with Crippen LogP contribution in [0.3, 0.4) is 0 Å². The number of nitrogens with one attached hydrogen (secondary N) is 1. The van der Waals surface area contributed by atoms with Crippen LogP contribution in [0.5, 0.6) is 0 Å². The second-order valence-electron chi connectivity index (χ2n) is 8.08. The minimum atomic E-state index is -0.366. The van der Waals surface area contributed by atoms with E-state index < -0.39 is 0 Å². The summed E-state index contributed by atoms with van der Waals surface area (Å²) in [6.07, 6.45) is 6.43. The molecule has 1 aromatic heterocycles. The zero-order valence-electron chi connectivity index (χ0n) is 15.9. The van der Waals surface area contributed by atoms with Gasteiger partial charge in [-0.25, -0.2) is 4.39 Å². The monoisotopic (exact) mass is 385 g/mol. The number of amides is 1. The van der Waals surface area contributed by atoms with E-state index >= 15 is 0 Å². The van der Waals surface area contributed by atoms with Crippen molar-refractivity contribution in [3.05, 3.63) is 65.6 Å². The fraction of sp³-hybridized carbons (Fsp3) is 0.292. The van der Waals surface area contributed by atoms with Crippen LogP contribution in [-0.2, 0) is 5.41 Å². The standard InChI is InChI=1S/C24H20FN3O/c25-17-8-9-21-19(12-17)22(20(13-27-21)23(29)28-18-2-1-3-18)15-4-6-16(7-5-15)24(14-26)10-11-24/h4-9,12-13,18H,1-3,10-11H2,(H,28,29). The van der Waals surface area contributed by atoms with Gasteiger partial charge >= 0.3 is 0 Å². The Labute approximate surface area is 168 Å². The number of carbonyl (C=O) groups excluding carboxylic acids is 1. The first kappa shape index (κ1) is 17.8. The van der Waals surface area contributed by atoms with Gasteiger partial charge in [-0.05, 0) is 61.4 Å². The molecule has 2 aliphatic rings. The zero-order valence-corrected chi connectivity index (χ0v) is 15.9. The van der Waals surface area contributed by atoms with Crippen molar-refractivity contribution in [3.63, 3.8) is 0 Å². The summed E-state index contributed by atoms with van der Waals surface area (Å²) in [5.74, 6) is -0.543. The maximum atomic E-state index is 14.0. The van der Waals surface area contributed by atoms with Gasteiger partial charge in [0.15, 0.2) is 0 Å². The number of hydrogen-bond acceptors (Lipinski definition) is 3. The molecular formula is C24H20FN3O. The van der Waals surface area contributed by atoms with Gasteiger partial charge in [-0.3, -0.25) is 9.78 Å². The number of fused-ring (bicyclic) bond motifs is 1. The van der Waals surface area contributed by atoms with E-state index in [-0.39, 0.29) is 23.2 Å². The first-order valence-corrected chi connectivity index (χ1v) is 10.0. The van der Waals surface area contributed by atoms with Gasteiger partial charge in [0, 0.05) is 23.2 Å². The zero-order chi connectivity index (χ0) is 20.0. The highest BCUT2D eigenvalue weighted by atomic mass is 19.1. The molecule has 2 aliphatic carbocycles. The molecule has 1 N–H and O–H groups in total. The molecule has 0 spiro atoms. The highest BCUT2D eigenvalue weighted by Gasteiger charge is 2.44. The average Bonchev–Trinajstić information content (AvgIpc) is 3.51. The Morgan fingerprint density at radius 3 is 2.55 bits per heavy atom. The van der Waals surface area contributed by atoms with E-state index in [1.807, 2.05) is 24.3 Å². The Morgan fingerprint density at radius 2 is 1.93 bits per heavy atom. The number of nitriles is 1. The highest BCUT2D eigenvalue weighted by Crippen LogP contribution is 2.48. The topological polar surface area (TPSA) is 65.8 Å². The first-order valence-electron chi connectivity index (χ1n) is 10.0. The first-order chi connectivity index (χ1) is 14.1. The minimum absolute atomic E-state index is 0.178. The van der Waals surface area contributed by atoms with Crippen LogP contribution in [0, 0.1) is 17.1 Å². The molecule has 0 bridgehead atoms. The summed E-state index contributed by atoms with van der Waals surface area (Å²) in [6.45, 7) is 0. The number of rotatable bonds is 4. The van der Waals surface area contributed by atoms with E-state index in [1.165, 1.54) is 12.1 Å². The quantitative estimate of drug-likeness (QED) is 0.696. The van der Waals surface area contributed by atoms with Crippen LogP contribution >= 0.6 is 0 Å². The van der Waals surface area contributed by atoms with Crippen LogP contribution in [0.15, 0.2) is 48.7 Å². The van der Waals surface area contributed by atoms with Crippen LogP contribution in [-0.4, -0.2) is 16.9 Å². The van der Waals surface area contributed by atoms with Gasteiger partial charge in [0.2, 0.25) is 0 Å². The molecule has 144 valence electrons. The smallest absolute Gasteiger partial charge is 0.253 e. The van der Waals surface area contributed by atoms with Gasteiger partial charge in [0.25, 0.3) is 5.91 Å². The number of aromatic nitrogens is 1. The Hall–Kier alpha value is -3.26. The molecule has 5 rings (SSSR count). The molecule has 4 nitrogen and oxygen atoms in total. The van der Waals surface area contributed by atoms with Crippen molar-refractivity contribution in [1.82, 2.24) is 10.3 Å². The lowest BCUT2D eigenvalue weighted by atomic mass is 9.90. The lowest BCUT2D eigenvalue weighted by molar-refractivity contribution is 0.0917. The van der Waals surface area contributed by atoms with Crippen molar-refractivity contribution in [2.24, 2.45) is 0 Å². The van der Waals surface area contributed by atoms with Crippen LogP contribution in [0.25, 0.3) is 22.0 Å². The predicted molar refractivity (Wildman–Crippen MR) is 109 cm³/mol. The molecule has 2 fully saturated rings. The summed E-state index contributed by atoms with van der Waals surface area (Å²) in [5.41, 5.74) is 3.22. The Bertz CT molecular complexity index is 1160. The normalized spacial score (nSPS) is 17.4. The average molecular weight is 385 g/mol. The second kappa shape index (κ2) is 6.66. The fourth-order valence-electron chi connectivity index (χ4n) is 4.01. The predicted octanol–water partition coefficient (Wildman–Crippen LogP) is 4.88. The molecule has 0 unspecified atom stereocenters. The number of pyridine rings is 1. The molecule has 0 saturated heterocycles. The van der Waals surface area contributed by atoms with E-state index in [9.17, 15) is 14.4 Å². The summed E-state index contributed by atoms with van der Waals surface area (Å²) in [6, 6.07) is 14.8. The molecule has 0 radical (unpaired) electrons. The van der Waals surface area contributed by atoms with Crippen molar-refractivity contribution < 1.29 is 9.18 Å². The van der Waals surface area contributed by atoms with E-state index in [1.54, 1.807) is 12.3 Å². The lowest BCUT2D eigenvalue weighted by Gasteiger charge is -2.27. The van der Waals surface area contributed by atoms with Crippen LogP contribution in [0.2, 0.25) is 0 Å². The SMILES string of the molecule is N#CC1(c2ccc(-c3c(C(=O)NC4CCC4)cnc4ccc(F)cc34)cc2)CC1. The Kier molecular flexibility index (Phi) is 4.09. The van der Waals surface area contributed by atoms with E-state index in [0.717, 1.165) is 43.2 Å². The molecule has 0 aliphatic heterocycles. The van der Waals surface area contributed by atoms with Crippen molar-refractivity contribution in [3.8, 4) is 17.2 Å². The molecule has 1 amide bonds. The number of carbonyl (C=O) groups is 1. The fourth-order valence-corrected chi connectivity index (χ4v) is 4.01. The lowest BCUT2D eigenvalue weighted by Crippen LogP contribution is -2.39. The van der Waals surface area contributed by atoms with Gasteiger partial charge in [-0.15, -0.1) is 0 Å². The van der Waals surface area contributed by atoms with E-state index in [4.69, 9.17) is 0 Å². The van der Waals surface area contributed by atoms with Gasteiger partial charge in [0.05, 0.1) is 22.6 Å². The molecule has 2 saturated carbocycles. The van der Waals surface area contributed by atoms with Crippen molar-refractivity contribution in [2.75, 3.05) is 0 Å². The third kappa shape index (κ3) is 3.05. The number of hydrogen-bond donors (Lipinski definition) is 1. The number of benzene rings is 2. The van der Waals surface area contributed by atoms with Gasteiger partial charge in [0.1, 0.15) is 5.82 Å². The summed E-state index contributed by atoms with van der Waals surface area (Å²) in [4.78, 5) is 17.4. The van der Waals surface area contributed by atoms with Crippen molar-refractivity contribution in [2.45, 2.75) is 43.6 Å². The molecular weight excluding hydrogens is 365 g/mol. The second-order valence-corrected chi connectivity index (χ2v) is 8.08. The maximum absolute atomic E-state index is 14.0. The third-order valence-electron chi connectivity index (χ3n) is 6.21. The minimum Gasteiger partial charge on any atom is -0.349 e. The van der Waals surface area contributed by atoms with Gasteiger partial charge in [-0.1, -0.05) is 24.3 Å². The number of halogens is 1. The number of nitrogens with zero attached hydrogens (tertiary/aromatic N) is 2. The third-order valence-corrected chi connectivity index (χ3v) is 6.21.